The first-order valence-electron chi connectivity index (χ1n) is 8.04. The van der Waals surface area contributed by atoms with Gasteiger partial charge < -0.3 is 14.4 Å². The first-order valence-corrected chi connectivity index (χ1v) is 8.04. The Morgan fingerprint density at radius 2 is 1.85 bits per heavy atom. The number of carboxylic acids is 1. The summed E-state index contributed by atoms with van der Waals surface area (Å²) in [7, 11) is 0. The maximum absolute atomic E-state index is 13.4. The number of likely N-dealkylation sites (tertiary alicyclic amines) is 1. The van der Waals surface area contributed by atoms with E-state index >= 15 is 0 Å². The average Bonchev–Trinajstić information content (AvgIpc) is 3.14. The third-order valence-electron chi connectivity index (χ3n) is 4.56. The van der Waals surface area contributed by atoms with Crippen molar-refractivity contribution in [2.45, 2.75) is 24.9 Å². The molecule has 26 heavy (non-hydrogen) atoms. The summed E-state index contributed by atoms with van der Waals surface area (Å²) < 4.78 is 45.2. The van der Waals surface area contributed by atoms with E-state index in [0.29, 0.717) is 32.0 Å². The molecule has 0 aliphatic carbocycles. The molecule has 0 unspecified atom stereocenters. The first kappa shape index (κ1) is 18.0. The number of benzene rings is 1. The molecular weight excluding hydrogens is 351 g/mol. The number of hydrogen-bond acceptors (Lipinski definition) is 3. The molecule has 1 N–H and O–H groups in total. The molecule has 1 amide bonds. The fourth-order valence-corrected chi connectivity index (χ4v) is 3.24. The number of furan rings is 1. The lowest BCUT2D eigenvalue weighted by atomic mass is 9.85. The van der Waals surface area contributed by atoms with E-state index in [9.17, 15) is 22.8 Å². The van der Waals surface area contributed by atoms with Gasteiger partial charge in [-0.3, -0.25) is 4.79 Å². The second kappa shape index (κ2) is 6.86. The Balaban J connectivity index is 1.79. The Labute approximate surface area is 147 Å². The molecule has 3 rings (SSSR count). The van der Waals surface area contributed by atoms with Crippen LogP contribution in [-0.4, -0.2) is 35.0 Å². The molecule has 2 heterocycles. The lowest BCUT2D eigenvalue weighted by molar-refractivity contribution is -0.138. The summed E-state index contributed by atoms with van der Waals surface area (Å²) in [5, 5.41) is 8.94. The van der Waals surface area contributed by atoms with E-state index in [1.807, 2.05) is 0 Å². The molecule has 5 nitrogen and oxygen atoms in total. The van der Waals surface area contributed by atoms with Crippen LogP contribution in [0.5, 0.6) is 0 Å². The van der Waals surface area contributed by atoms with Crippen molar-refractivity contribution in [3.8, 4) is 0 Å². The summed E-state index contributed by atoms with van der Waals surface area (Å²) in [6, 6.07) is 6.24. The van der Waals surface area contributed by atoms with Gasteiger partial charge in [0.15, 0.2) is 5.76 Å². The predicted molar refractivity (Wildman–Crippen MR) is 85.0 cm³/mol. The van der Waals surface area contributed by atoms with E-state index in [1.54, 1.807) is 17.0 Å². The standard InChI is InChI=1S/C18H16F3NO4/c19-18(20,21)14-10-12(17(24)25)3-4-13(14)11-5-7-22(8-6-11)16(23)15-2-1-9-26-15/h1-4,9-11H,5-8H2,(H,24,25). The highest BCUT2D eigenvalue weighted by atomic mass is 19.4. The number of carbonyl (C=O) groups is 2. The van der Waals surface area contributed by atoms with Crippen LogP contribution in [0, 0.1) is 0 Å². The van der Waals surface area contributed by atoms with E-state index in [0.717, 1.165) is 0 Å². The minimum atomic E-state index is -4.64. The van der Waals surface area contributed by atoms with Crippen molar-refractivity contribution in [1.82, 2.24) is 4.90 Å². The Kier molecular flexibility index (Phi) is 4.76. The van der Waals surface area contributed by atoms with Crippen LogP contribution < -0.4 is 0 Å². The monoisotopic (exact) mass is 367 g/mol. The van der Waals surface area contributed by atoms with Crippen molar-refractivity contribution in [3.05, 3.63) is 59.0 Å². The number of carbonyl (C=O) groups excluding carboxylic acids is 1. The summed E-state index contributed by atoms with van der Waals surface area (Å²) in [6.07, 6.45) is -2.52. The Morgan fingerprint density at radius 3 is 2.38 bits per heavy atom. The summed E-state index contributed by atoms with van der Waals surface area (Å²) in [5.74, 6) is -1.88. The van der Waals surface area contributed by atoms with Gasteiger partial charge in [-0.2, -0.15) is 13.2 Å². The van der Waals surface area contributed by atoms with Gasteiger partial charge in [-0.1, -0.05) is 6.07 Å². The lowest BCUT2D eigenvalue weighted by Gasteiger charge is -2.32. The number of alkyl halides is 3. The van der Waals surface area contributed by atoms with E-state index < -0.39 is 29.2 Å². The maximum Gasteiger partial charge on any atom is 0.416 e. The second-order valence-corrected chi connectivity index (χ2v) is 6.15. The summed E-state index contributed by atoms with van der Waals surface area (Å²) in [5.41, 5.74) is -1.24. The van der Waals surface area contributed by atoms with Gasteiger partial charge in [0, 0.05) is 13.1 Å². The highest BCUT2D eigenvalue weighted by Gasteiger charge is 2.37. The molecule has 0 atom stereocenters. The molecule has 2 aromatic rings. The van der Waals surface area contributed by atoms with Gasteiger partial charge in [0.2, 0.25) is 0 Å². The van der Waals surface area contributed by atoms with Crippen molar-refractivity contribution in [1.29, 1.82) is 0 Å². The van der Waals surface area contributed by atoms with Gasteiger partial charge in [-0.25, -0.2) is 4.79 Å². The van der Waals surface area contributed by atoms with Crippen molar-refractivity contribution in [3.63, 3.8) is 0 Å². The second-order valence-electron chi connectivity index (χ2n) is 6.15. The van der Waals surface area contributed by atoms with Gasteiger partial charge in [-0.05, 0) is 48.6 Å². The van der Waals surface area contributed by atoms with Crippen LogP contribution in [0.4, 0.5) is 13.2 Å². The molecule has 1 saturated heterocycles. The number of piperidine rings is 1. The van der Waals surface area contributed by atoms with E-state index in [-0.39, 0.29) is 17.2 Å². The van der Waals surface area contributed by atoms with Crippen molar-refractivity contribution < 1.29 is 32.3 Å². The number of hydrogen-bond donors (Lipinski definition) is 1. The topological polar surface area (TPSA) is 70.8 Å². The lowest BCUT2D eigenvalue weighted by Crippen LogP contribution is -2.38. The van der Waals surface area contributed by atoms with E-state index in [4.69, 9.17) is 9.52 Å². The number of aromatic carboxylic acids is 1. The van der Waals surface area contributed by atoms with Gasteiger partial charge in [0.1, 0.15) is 0 Å². The quantitative estimate of drug-likeness (QED) is 0.890. The van der Waals surface area contributed by atoms with Gasteiger partial charge in [0.25, 0.3) is 5.91 Å². The third-order valence-corrected chi connectivity index (χ3v) is 4.56. The molecule has 138 valence electrons. The van der Waals surface area contributed by atoms with E-state index in [1.165, 1.54) is 18.4 Å². The zero-order valence-electron chi connectivity index (χ0n) is 13.6. The van der Waals surface area contributed by atoms with Crippen molar-refractivity contribution in [2.24, 2.45) is 0 Å². The van der Waals surface area contributed by atoms with Crippen LogP contribution >= 0.6 is 0 Å². The van der Waals surface area contributed by atoms with Gasteiger partial charge in [0.05, 0.1) is 17.4 Å². The normalized spacial score (nSPS) is 15.9. The van der Waals surface area contributed by atoms with Crippen LogP contribution in [0.25, 0.3) is 0 Å². The zero-order valence-corrected chi connectivity index (χ0v) is 13.6. The smallest absolute Gasteiger partial charge is 0.416 e. The zero-order chi connectivity index (χ0) is 18.9. The predicted octanol–water partition coefficient (Wildman–Crippen LogP) is 4.02. The van der Waals surface area contributed by atoms with Crippen LogP contribution in [0.3, 0.4) is 0 Å². The fourth-order valence-electron chi connectivity index (χ4n) is 3.24. The fraction of sp³-hybridized carbons (Fsp3) is 0.333. The Morgan fingerprint density at radius 1 is 1.15 bits per heavy atom. The molecule has 8 heteroatoms. The summed E-state index contributed by atoms with van der Waals surface area (Å²) in [6.45, 7) is 0.615. The first-order chi connectivity index (χ1) is 12.3. The molecule has 1 aromatic carbocycles. The molecular formula is C18H16F3NO4. The minimum absolute atomic E-state index is 0.0765. The SMILES string of the molecule is O=C(O)c1ccc(C2CCN(C(=O)c3ccco3)CC2)c(C(F)(F)F)c1. The third kappa shape index (κ3) is 3.58. The summed E-state index contributed by atoms with van der Waals surface area (Å²) in [4.78, 5) is 24.8. The van der Waals surface area contributed by atoms with Crippen molar-refractivity contribution in [2.75, 3.05) is 13.1 Å². The number of amides is 1. The van der Waals surface area contributed by atoms with Gasteiger partial charge >= 0.3 is 12.1 Å². The number of nitrogens with zero attached hydrogens (tertiary/aromatic N) is 1. The van der Waals surface area contributed by atoms with Crippen LogP contribution in [-0.2, 0) is 6.18 Å². The number of rotatable bonds is 3. The Hall–Kier alpha value is -2.77. The molecule has 0 radical (unpaired) electrons. The molecule has 1 fully saturated rings. The maximum atomic E-state index is 13.4. The molecule has 0 spiro atoms. The highest BCUT2D eigenvalue weighted by molar-refractivity contribution is 5.91. The molecule has 1 aliphatic heterocycles. The largest absolute Gasteiger partial charge is 0.478 e. The molecule has 1 aromatic heterocycles. The Bertz CT molecular complexity index is 806. The highest BCUT2D eigenvalue weighted by Crippen LogP contribution is 2.39. The van der Waals surface area contributed by atoms with Crippen LogP contribution in [0.15, 0.2) is 41.0 Å². The minimum Gasteiger partial charge on any atom is -0.478 e. The summed E-state index contributed by atoms with van der Waals surface area (Å²) >= 11 is 0. The molecule has 0 saturated carbocycles. The van der Waals surface area contributed by atoms with Gasteiger partial charge in [-0.15, -0.1) is 0 Å². The number of halogens is 3. The van der Waals surface area contributed by atoms with E-state index in [2.05, 4.69) is 0 Å². The average molecular weight is 367 g/mol. The van der Waals surface area contributed by atoms with Crippen LogP contribution in [0.1, 0.15) is 50.8 Å². The van der Waals surface area contributed by atoms with Crippen LogP contribution in [0.2, 0.25) is 0 Å². The molecule has 0 bridgehead atoms. The molecule has 1 aliphatic rings. The number of carboxylic acid groups (broad SMARTS) is 1. The van der Waals surface area contributed by atoms with Crippen molar-refractivity contribution >= 4 is 11.9 Å².